The van der Waals surface area contributed by atoms with Crippen molar-refractivity contribution in [1.82, 2.24) is 14.9 Å². The van der Waals surface area contributed by atoms with Crippen molar-refractivity contribution in [1.29, 1.82) is 0 Å². The van der Waals surface area contributed by atoms with Gasteiger partial charge in [-0.2, -0.15) is 0 Å². The Hall–Kier alpha value is -0.970. The fourth-order valence-electron chi connectivity index (χ4n) is 2.01. The van der Waals surface area contributed by atoms with Gasteiger partial charge in [-0.15, -0.1) is 11.8 Å². The molecule has 0 spiro atoms. The van der Waals surface area contributed by atoms with E-state index in [1.165, 1.54) is 4.90 Å². The van der Waals surface area contributed by atoms with E-state index in [0.29, 0.717) is 6.04 Å². The zero-order valence-corrected chi connectivity index (χ0v) is 13.4. The molecule has 1 N–H and O–H groups in total. The van der Waals surface area contributed by atoms with Crippen molar-refractivity contribution in [3.63, 3.8) is 0 Å². The van der Waals surface area contributed by atoms with Crippen LogP contribution < -0.4 is 5.32 Å². The lowest BCUT2D eigenvalue weighted by Crippen LogP contribution is -2.31. The fourth-order valence-corrected chi connectivity index (χ4v) is 3.14. The van der Waals surface area contributed by atoms with Crippen LogP contribution in [0.2, 0.25) is 5.02 Å². The summed E-state index contributed by atoms with van der Waals surface area (Å²) in [5.41, 5.74) is 0. The van der Waals surface area contributed by atoms with Crippen LogP contribution in [-0.4, -0.2) is 28.4 Å². The Morgan fingerprint density at radius 1 is 1.35 bits per heavy atom. The smallest absolute Gasteiger partial charge is 0.110 e. The summed E-state index contributed by atoms with van der Waals surface area (Å²) in [5, 5.41) is 4.15. The zero-order chi connectivity index (χ0) is 14.4. The van der Waals surface area contributed by atoms with Gasteiger partial charge in [0, 0.05) is 47.1 Å². The number of likely N-dealkylation sites (N-methyl/N-ethyl adjacent to an activating group) is 1. The highest BCUT2D eigenvalue weighted by Gasteiger charge is 2.11. The SMILES string of the molecule is CCn1ccnc1CC(CSc1ccc(Cl)cc1)NC. The first kappa shape index (κ1) is 15.4. The van der Waals surface area contributed by atoms with Gasteiger partial charge in [-0.3, -0.25) is 0 Å². The van der Waals surface area contributed by atoms with Crippen molar-refractivity contribution in [2.45, 2.75) is 30.8 Å². The van der Waals surface area contributed by atoms with Crippen LogP contribution in [-0.2, 0) is 13.0 Å². The molecule has 108 valence electrons. The summed E-state index contributed by atoms with van der Waals surface area (Å²) in [4.78, 5) is 5.68. The highest BCUT2D eigenvalue weighted by Crippen LogP contribution is 2.21. The number of nitrogens with one attached hydrogen (secondary N) is 1. The van der Waals surface area contributed by atoms with E-state index in [1.54, 1.807) is 0 Å². The molecule has 0 radical (unpaired) electrons. The molecule has 0 aliphatic heterocycles. The van der Waals surface area contributed by atoms with E-state index in [2.05, 4.69) is 33.9 Å². The third-order valence-corrected chi connectivity index (χ3v) is 4.67. The van der Waals surface area contributed by atoms with Crippen LogP contribution >= 0.6 is 23.4 Å². The highest BCUT2D eigenvalue weighted by atomic mass is 35.5. The lowest BCUT2D eigenvalue weighted by Gasteiger charge is -2.16. The maximum atomic E-state index is 5.90. The molecule has 5 heteroatoms. The van der Waals surface area contributed by atoms with Crippen LogP contribution in [0.5, 0.6) is 0 Å². The maximum Gasteiger partial charge on any atom is 0.110 e. The summed E-state index contributed by atoms with van der Waals surface area (Å²) in [6, 6.07) is 8.40. The molecule has 0 aliphatic rings. The number of nitrogens with zero attached hydrogens (tertiary/aromatic N) is 2. The maximum absolute atomic E-state index is 5.90. The summed E-state index contributed by atoms with van der Waals surface area (Å²) < 4.78 is 2.19. The van der Waals surface area contributed by atoms with Crippen LogP contribution in [0.15, 0.2) is 41.6 Å². The van der Waals surface area contributed by atoms with E-state index < -0.39 is 0 Å². The Morgan fingerprint density at radius 3 is 2.75 bits per heavy atom. The van der Waals surface area contributed by atoms with Gasteiger partial charge in [-0.1, -0.05) is 11.6 Å². The monoisotopic (exact) mass is 309 g/mol. The summed E-state index contributed by atoms with van der Waals surface area (Å²) in [7, 11) is 2.01. The number of aryl methyl sites for hydroxylation is 1. The summed E-state index contributed by atoms with van der Waals surface area (Å²) in [6.45, 7) is 3.11. The van der Waals surface area contributed by atoms with Gasteiger partial charge in [0.05, 0.1) is 0 Å². The standard InChI is InChI=1S/C15H20ClN3S/c1-3-19-9-8-18-15(19)10-13(17-2)11-20-14-6-4-12(16)5-7-14/h4-9,13,17H,3,10-11H2,1-2H3. The number of hydrogen-bond acceptors (Lipinski definition) is 3. The molecule has 1 aromatic carbocycles. The van der Waals surface area contributed by atoms with Crippen molar-refractivity contribution in [3.8, 4) is 0 Å². The molecular weight excluding hydrogens is 290 g/mol. The topological polar surface area (TPSA) is 29.9 Å². The summed E-state index contributed by atoms with van der Waals surface area (Å²) in [6.07, 6.45) is 4.85. The Labute approximate surface area is 129 Å². The van der Waals surface area contributed by atoms with E-state index in [1.807, 2.05) is 43.3 Å². The zero-order valence-electron chi connectivity index (χ0n) is 11.8. The first-order valence-electron chi connectivity index (χ1n) is 6.78. The molecule has 1 atom stereocenters. The van der Waals surface area contributed by atoms with Gasteiger partial charge in [-0.25, -0.2) is 4.98 Å². The number of halogens is 1. The second kappa shape index (κ2) is 7.72. The predicted molar refractivity (Wildman–Crippen MR) is 86.6 cm³/mol. The largest absolute Gasteiger partial charge is 0.335 e. The lowest BCUT2D eigenvalue weighted by atomic mass is 10.2. The van der Waals surface area contributed by atoms with Crippen molar-refractivity contribution < 1.29 is 0 Å². The van der Waals surface area contributed by atoms with Gasteiger partial charge < -0.3 is 9.88 Å². The van der Waals surface area contributed by atoms with Gasteiger partial charge in [0.1, 0.15) is 5.82 Å². The Morgan fingerprint density at radius 2 is 2.10 bits per heavy atom. The predicted octanol–water partition coefficient (Wildman–Crippen LogP) is 3.48. The number of hydrogen-bond donors (Lipinski definition) is 1. The van der Waals surface area contributed by atoms with Gasteiger partial charge in [0.2, 0.25) is 0 Å². The Bertz CT molecular complexity index is 524. The van der Waals surface area contributed by atoms with Crippen LogP contribution in [0.1, 0.15) is 12.7 Å². The lowest BCUT2D eigenvalue weighted by molar-refractivity contribution is 0.573. The number of benzene rings is 1. The van der Waals surface area contributed by atoms with Gasteiger partial charge in [0.25, 0.3) is 0 Å². The number of imidazole rings is 1. The quantitative estimate of drug-likeness (QED) is 0.794. The van der Waals surface area contributed by atoms with E-state index in [-0.39, 0.29) is 0 Å². The fraction of sp³-hybridized carbons (Fsp3) is 0.400. The molecule has 3 nitrogen and oxygen atoms in total. The number of thioether (sulfide) groups is 1. The molecule has 0 amide bonds. The molecule has 0 bridgehead atoms. The second-order valence-corrected chi connectivity index (χ2v) is 6.11. The molecule has 0 saturated heterocycles. The summed E-state index contributed by atoms with van der Waals surface area (Å²) in [5.74, 6) is 2.15. The molecule has 0 saturated carbocycles. The third-order valence-electron chi connectivity index (χ3n) is 3.24. The van der Waals surface area contributed by atoms with Crippen molar-refractivity contribution >= 4 is 23.4 Å². The van der Waals surface area contributed by atoms with Crippen molar-refractivity contribution in [2.24, 2.45) is 0 Å². The average molecular weight is 310 g/mol. The molecule has 2 aromatic rings. The molecule has 1 unspecified atom stereocenters. The molecule has 20 heavy (non-hydrogen) atoms. The highest BCUT2D eigenvalue weighted by molar-refractivity contribution is 7.99. The minimum Gasteiger partial charge on any atom is -0.335 e. The van der Waals surface area contributed by atoms with Crippen LogP contribution in [0, 0.1) is 0 Å². The van der Waals surface area contributed by atoms with E-state index >= 15 is 0 Å². The molecule has 0 aliphatic carbocycles. The van der Waals surface area contributed by atoms with E-state index in [4.69, 9.17) is 11.6 Å². The van der Waals surface area contributed by atoms with Crippen LogP contribution in [0.25, 0.3) is 0 Å². The van der Waals surface area contributed by atoms with Crippen molar-refractivity contribution in [2.75, 3.05) is 12.8 Å². The molecule has 1 aromatic heterocycles. The van der Waals surface area contributed by atoms with Crippen LogP contribution in [0.3, 0.4) is 0 Å². The van der Waals surface area contributed by atoms with Crippen molar-refractivity contribution in [3.05, 3.63) is 47.5 Å². The first-order valence-corrected chi connectivity index (χ1v) is 8.15. The van der Waals surface area contributed by atoms with Gasteiger partial charge >= 0.3 is 0 Å². The van der Waals surface area contributed by atoms with Gasteiger partial charge in [0.15, 0.2) is 0 Å². The van der Waals surface area contributed by atoms with Gasteiger partial charge in [-0.05, 0) is 38.2 Å². The van der Waals surface area contributed by atoms with Crippen LogP contribution in [0.4, 0.5) is 0 Å². The minimum absolute atomic E-state index is 0.406. The number of aromatic nitrogens is 2. The van der Waals surface area contributed by atoms with E-state index in [9.17, 15) is 0 Å². The molecule has 2 rings (SSSR count). The first-order chi connectivity index (χ1) is 9.72. The van der Waals surface area contributed by atoms with E-state index in [0.717, 1.165) is 29.6 Å². The third kappa shape index (κ3) is 4.27. The Balaban J connectivity index is 1.90. The summed E-state index contributed by atoms with van der Waals surface area (Å²) >= 11 is 7.74. The number of rotatable bonds is 7. The normalized spacial score (nSPS) is 12.6. The molecule has 1 heterocycles. The minimum atomic E-state index is 0.406. The average Bonchev–Trinajstić information content (AvgIpc) is 2.92. The Kier molecular flexibility index (Phi) is 5.95. The molecular formula is C15H20ClN3S. The second-order valence-electron chi connectivity index (χ2n) is 4.58. The molecule has 0 fully saturated rings.